The van der Waals surface area contributed by atoms with Crippen LogP contribution in [0, 0.1) is 11.8 Å². The maximum atomic E-state index is 13.1. The van der Waals surface area contributed by atoms with E-state index in [9.17, 15) is 23.9 Å². The average molecular weight is 285 g/mol. The molecule has 2 aliphatic carbocycles. The van der Waals surface area contributed by atoms with Crippen LogP contribution in [0.4, 0.5) is 8.78 Å². The van der Waals surface area contributed by atoms with E-state index in [-0.39, 0.29) is 11.8 Å². The van der Waals surface area contributed by atoms with Gasteiger partial charge in [0.05, 0.1) is 6.10 Å². The van der Waals surface area contributed by atoms with Crippen molar-refractivity contribution in [1.82, 2.24) is 0 Å². The largest absolute Gasteiger partial charge is 0.691 e. The molecular weight excluding hydrogens is 274 g/mol. The lowest BCUT2D eigenvalue weighted by Gasteiger charge is -2.27. The fourth-order valence-electron chi connectivity index (χ4n) is 2.66. The third kappa shape index (κ3) is 2.59. The molecule has 0 amide bonds. The van der Waals surface area contributed by atoms with Gasteiger partial charge in [-0.25, -0.2) is 4.79 Å². The molecule has 4 unspecified atom stereocenters. The molecule has 2 fully saturated rings. The number of aliphatic hydroxyl groups is 1. The molecule has 104 valence electrons. The van der Waals surface area contributed by atoms with Gasteiger partial charge in [-0.3, -0.25) is 5.04 Å². The average Bonchev–Trinajstić information content (AvgIpc) is 2.90. The van der Waals surface area contributed by atoms with Crippen molar-refractivity contribution < 1.29 is 38.0 Å². The van der Waals surface area contributed by atoms with Gasteiger partial charge in [-0.1, -0.05) is 0 Å². The summed E-state index contributed by atoms with van der Waals surface area (Å²) in [6.45, 7) is 0. The zero-order valence-corrected chi connectivity index (χ0v) is 9.90. The number of ether oxygens (including phenoxy) is 1. The molecule has 0 spiro atoms. The first-order valence-electron chi connectivity index (χ1n) is 5.37. The molecule has 0 aliphatic heterocycles. The number of hydrogen-bond donors (Lipinski definition) is 1. The Bertz CT molecular complexity index is 326. The van der Waals surface area contributed by atoms with Gasteiger partial charge in [0.2, 0.25) is 0 Å². The van der Waals surface area contributed by atoms with Gasteiger partial charge < -0.3 is 15.1 Å². The maximum Gasteiger partial charge on any atom is 0.415 e. The number of halogens is 2. The monoisotopic (exact) mass is 285 g/mol. The maximum absolute atomic E-state index is 13.1. The summed E-state index contributed by atoms with van der Waals surface area (Å²) in [5.74, 6) is -1.91. The summed E-state index contributed by atoms with van der Waals surface area (Å²) in [7, 11) is 0. The van der Waals surface area contributed by atoms with Crippen LogP contribution in [-0.4, -0.2) is 28.5 Å². The highest BCUT2D eigenvalue weighted by Crippen LogP contribution is 2.47. The van der Waals surface area contributed by atoms with Crippen molar-refractivity contribution in [2.45, 2.75) is 36.7 Å². The highest BCUT2D eigenvalue weighted by molar-refractivity contribution is 7.96. The van der Waals surface area contributed by atoms with Gasteiger partial charge in [-0.05, 0) is 31.1 Å². The summed E-state index contributed by atoms with van der Waals surface area (Å²) in [4.78, 5) is 11.2. The van der Waals surface area contributed by atoms with E-state index in [2.05, 4.69) is 14.1 Å². The Kier molecular flexibility index (Phi) is 4.07. The SMILES string of the molecule is O=C(OC1C2CCC(C2)C1O)C(F)(F)SOO[O-]. The molecule has 9 heteroatoms. The van der Waals surface area contributed by atoms with Gasteiger partial charge in [0, 0.05) is 0 Å². The molecule has 0 aromatic rings. The Morgan fingerprint density at radius 2 is 2.06 bits per heavy atom. The number of esters is 1. The summed E-state index contributed by atoms with van der Waals surface area (Å²) < 4.78 is 34.2. The lowest BCUT2D eigenvalue weighted by Crippen LogP contribution is -2.40. The zero-order chi connectivity index (χ0) is 13.3. The number of carbonyl (C=O) groups excluding carboxylic acids is 1. The van der Waals surface area contributed by atoms with Crippen molar-refractivity contribution in [3.63, 3.8) is 0 Å². The van der Waals surface area contributed by atoms with Crippen LogP contribution in [0.5, 0.6) is 0 Å². The number of rotatable bonds is 5. The van der Waals surface area contributed by atoms with Gasteiger partial charge in [-0.15, -0.1) is 0 Å². The Morgan fingerprint density at radius 3 is 2.61 bits per heavy atom. The second-order valence-electron chi connectivity index (χ2n) is 4.43. The molecular formula is C9H11F2O6S-. The Labute approximate surface area is 105 Å². The number of hydrogen-bond acceptors (Lipinski definition) is 7. The van der Waals surface area contributed by atoms with E-state index in [1.54, 1.807) is 0 Å². The van der Waals surface area contributed by atoms with Crippen LogP contribution in [0.2, 0.25) is 0 Å². The number of alkyl halides is 2. The minimum Gasteiger partial charge on any atom is -0.691 e. The summed E-state index contributed by atoms with van der Waals surface area (Å²) >= 11 is -0.733. The van der Waals surface area contributed by atoms with E-state index in [1.807, 2.05) is 0 Å². The van der Waals surface area contributed by atoms with E-state index in [4.69, 9.17) is 0 Å². The highest BCUT2D eigenvalue weighted by Gasteiger charge is 2.52. The molecule has 18 heavy (non-hydrogen) atoms. The molecule has 6 nitrogen and oxygen atoms in total. The fourth-order valence-corrected chi connectivity index (χ4v) is 2.89. The van der Waals surface area contributed by atoms with Crippen LogP contribution < -0.4 is 5.26 Å². The Morgan fingerprint density at radius 1 is 1.39 bits per heavy atom. The molecule has 0 aromatic heterocycles. The number of fused-ring (bicyclic) bond motifs is 2. The molecule has 0 radical (unpaired) electrons. The van der Waals surface area contributed by atoms with Crippen molar-refractivity contribution >= 4 is 18.0 Å². The molecule has 2 rings (SSSR count). The van der Waals surface area contributed by atoms with Crippen molar-refractivity contribution in [3.05, 3.63) is 0 Å². The fraction of sp³-hybridized carbons (Fsp3) is 0.889. The van der Waals surface area contributed by atoms with Gasteiger partial charge in [0.15, 0.2) is 0 Å². The van der Waals surface area contributed by atoms with Gasteiger partial charge in [-0.2, -0.15) is 13.1 Å². The van der Waals surface area contributed by atoms with E-state index in [1.165, 1.54) is 0 Å². The molecule has 0 heterocycles. The van der Waals surface area contributed by atoms with E-state index < -0.39 is 35.5 Å². The van der Waals surface area contributed by atoms with Gasteiger partial charge in [0.1, 0.15) is 18.1 Å². The molecule has 2 saturated carbocycles. The first-order valence-corrected chi connectivity index (χ1v) is 6.11. The molecule has 2 aliphatic rings. The summed E-state index contributed by atoms with van der Waals surface area (Å²) in [5.41, 5.74) is 0. The smallest absolute Gasteiger partial charge is 0.415 e. The molecule has 2 bridgehead atoms. The normalized spacial score (nSPS) is 34.9. The third-order valence-corrected chi connectivity index (χ3v) is 3.94. The molecule has 0 saturated heterocycles. The van der Waals surface area contributed by atoms with Crippen LogP contribution in [-0.2, 0) is 18.9 Å². The first-order chi connectivity index (χ1) is 8.45. The lowest BCUT2D eigenvalue weighted by atomic mass is 9.95. The van der Waals surface area contributed by atoms with Crippen molar-refractivity contribution in [2.24, 2.45) is 11.8 Å². The predicted octanol–water partition coefficient (Wildman–Crippen LogP) is 0.153. The highest BCUT2D eigenvalue weighted by atomic mass is 32.2. The Balaban J connectivity index is 1.91. The molecule has 0 aromatic carbocycles. The second-order valence-corrected chi connectivity index (χ2v) is 5.25. The lowest BCUT2D eigenvalue weighted by molar-refractivity contribution is -0.777. The van der Waals surface area contributed by atoms with Crippen LogP contribution in [0.15, 0.2) is 0 Å². The Hall–Kier alpha value is -0.480. The summed E-state index contributed by atoms with van der Waals surface area (Å²) in [6.07, 6.45) is 0.440. The van der Waals surface area contributed by atoms with Crippen LogP contribution >= 0.6 is 12.0 Å². The van der Waals surface area contributed by atoms with E-state index in [0.29, 0.717) is 6.42 Å². The number of aliphatic hydroxyl groups excluding tert-OH is 1. The molecule has 4 atom stereocenters. The van der Waals surface area contributed by atoms with Crippen LogP contribution in [0.3, 0.4) is 0 Å². The van der Waals surface area contributed by atoms with Crippen molar-refractivity contribution in [1.29, 1.82) is 0 Å². The predicted molar refractivity (Wildman–Crippen MR) is 51.4 cm³/mol. The van der Waals surface area contributed by atoms with Crippen molar-refractivity contribution in [2.75, 3.05) is 0 Å². The third-order valence-electron chi connectivity index (χ3n) is 3.45. The summed E-state index contributed by atoms with van der Waals surface area (Å²) in [6, 6.07) is 0. The topological polar surface area (TPSA) is 88.1 Å². The molecule has 1 N–H and O–H groups in total. The summed E-state index contributed by atoms with van der Waals surface area (Å²) in [5, 5.41) is 17.9. The van der Waals surface area contributed by atoms with E-state index in [0.717, 1.165) is 12.8 Å². The quantitative estimate of drug-likeness (QED) is 0.333. The van der Waals surface area contributed by atoms with E-state index >= 15 is 0 Å². The standard InChI is InChI=1S/C9H12F2O6S/c10-9(11,18-17-16-14)8(13)15-7-5-2-1-4(3-5)6(7)12/h4-7,12,14H,1-3H2/p-1. The van der Waals surface area contributed by atoms with Crippen molar-refractivity contribution in [3.8, 4) is 0 Å². The first kappa shape index (κ1) is 13.9. The minimum absolute atomic E-state index is 0.00954. The zero-order valence-electron chi connectivity index (χ0n) is 9.08. The van der Waals surface area contributed by atoms with Crippen LogP contribution in [0.25, 0.3) is 0 Å². The number of carbonyl (C=O) groups is 1. The second kappa shape index (κ2) is 5.25. The van der Waals surface area contributed by atoms with Gasteiger partial charge in [0.25, 0.3) is 0 Å². The minimum atomic E-state index is -4.05. The van der Waals surface area contributed by atoms with Gasteiger partial charge >= 0.3 is 11.2 Å². The van der Waals surface area contributed by atoms with Crippen LogP contribution in [0.1, 0.15) is 19.3 Å².